The molecule has 176 valence electrons. The molecule has 2 radical (unpaired) electrons. The molecule has 0 aromatic heterocycles. The SMILES string of the molecule is CC1(C)C=C(CNCC(O)C2Cc3cc4c(cc3O2)C(C)(C)N([O])C4(C)C)C(C)(C)N1[O]. The first kappa shape index (κ1) is 23.7. The molecule has 4 rings (SSSR count). The van der Waals surface area contributed by atoms with Gasteiger partial charge in [-0.05, 0) is 89.8 Å². The number of aliphatic hydroxyl groups excluding tert-OH is 1. The van der Waals surface area contributed by atoms with Gasteiger partial charge < -0.3 is 15.2 Å². The topological polar surface area (TPSA) is 87.8 Å². The van der Waals surface area contributed by atoms with E-state index in [2.05, 4.69) is 11.4 Å². The zero-order chi connectivity index (χ0) is 23.9. The molecule has 2 unspecified atom stereocenters. The van der Waals surface area contributed by atoms with E-state index in [1.807, 2.05) is 67.5 Å². The Kier molecular flexibility index (Phi) is 5.37. The van der Waals surface area contributed by atoms with Crippen molar-refractivity contribution in [1.29, 1.82) is 0 Å². The van der Waals surface area contributed by atoms with Gasteiger partial charge in [0.1, 0.15) is 18.0 Å². The van der Waals surface area contributed by atoms with Crippen LogP contribution < -0.4 is 10.1 Å². The molecule has 2 atom stereocenters. The summed E-state index contributed by atoms with van der Waals surface area (Å²) in [6.07, 6.45) is 1.60. The molecule has 3 aliphatic rings. The third-order valence-electron chi connectivity index (χ3n) is 7.68. The summed E-state index contributed by atoms with van der Waals surface area (Å²) in [4.78, 5) is 0. The second kappa shape index (κ2) is 7.26. The average Bonchev–Trinajstić information content (AvgIpc) is 3.23. The molecule has 7 heteroatoms. The van der Waals surface area contributed by atoms with Crippen LogP contribution in [0.25, 0.3) is 0 Å². The van der Waals surface area contributed by atoms with Gasteiger partial charge >= 0.3 is 0 Å². The zero-order valence-electron chi connectivity index (χ0n) is 20.6. The predicted molar refractivity (Wildman–Crippen MR) is 121 cm³/mol. The number of benzene rings is 1. The molecule has 0 spiro atoms. The van der Waals surface area contributed by atoms with E-state index in [-0.39, 0.29) is 6.10 Å². The van der Waals surface area contributed by atoms with Gasteiger partial charge in [-0.2, -0.15) is 0 Å². The van der Waals surface area contributed by atoms with Crippen LogP contribution in [0.15, 0.2) is 23.8 Å². The third kappa shape index (κ3) is 3.42. The number of nitrogens with zero attached hydrogens (tertiary/aromatic N) is 2. The van der Waals surface area contributed by atoms with Gasteiger partial charge in [-0.1, -0.05) is 6.08 Å². The lowest BCUT2D eigenvalue weighted by Gasteiger charge is -2.34. The highest BCUT2D eigenvalue weighted by Gasteiger charge is 2.51. The van der Waals surface area contributed by atoms with Crippen LogP contribution >= 0.6 is 0 Å². The first-order valence-corrected chi connectivity index (χ1v) is 11.5. The summed E-state index contributed by atoms with van der Waals surface area (Å²) < 4.78 is 6.12. The highest BCUT2D eigenvalue weighted by molar-refractivity contribution is 5.52. The molecule has 7 nitrogen and oxygen atoms in total. The minimum atomic E-state index is -0.684. The molecule has 32 heavy (non-hydrogen) atoms. The maximum Gasteiger partial charge on any atom is 0.130 e. The Bertz CT molecular complexity index is 906. The van der Waals surface area contributed by atoms with E-state index >= 15 is 0 Å². The smallest absolute Gasteiger partial charge is 0.130 e. The Morgan fingerprint density at radius 2 is 1.59 bits per heavy atom. The standard InChI is InChI=1S/C25H37N3O4/c1-22(2)12-16(23(3,4)27(22)30)13-26-14-19(29)21-10-15-9-17-18(11-20(15)32-21)25(7,8)28(31)24(17,5)6/h9,11-12,19,21,26,29H,10,13-14H2,1-8H3. The maximum atomic E-state index is 12.8. The van der Waals surface area contributed by atoms with Crippen LogP contribution in [0, 0.1) is 0 Å². The van der Waals surface area contributed by atoms with Crippen LogP contribution in [0.1, 0.15) is 72.1 Å². The van der Waals surface area contributed by atoms with E-state index in [4.69, 9.17) is 4.74 Å². The number of ether oxygens (including phenoxy) is 1. The fraction of sp³-hybridized carbons (Fsp3) is 0.680. The van der Waals surface area contributed by atoms with Gasteiger partial charge in [0.25, 0.3) is 0 Å². The minimum absolute atomic E-state index is 0.340. The number of aliphatic hydroxyl groups is 1. The van der Waals surface area contributed by atoms with Gasteiger partial charge in [0.05, 0.1) is 22.2 Å². The van der Waals surface area contributed by atoms with Crippen LogP contribution in [0.5, 0.6) is 5.75 Å². The summed E-state index contributed by atoms with van der Waals surface area (Å²) in [6, 6.07) is 4.07. The van der Waals surface area contributed by atoms with Crippen molar-refractivity contribution >= 4 is 0 Å². The minimum Gasteiger partial charge on any atom is -0.487 e. The Morgan fingerprint density at radius 1 is 1.00 bits per heavy atom. The molecule has 3 aliphatic heterocycles. The van der Waals surface area contributed by atoms with Gasteiger partial charge in [0.2, 0.25) is 0 Å². The van der Waals surface area contributed by atoms with Crippen molar-refractivity contribution in [3.05, 3.63) is 40.5 Å². The number of fused-ring (bicyclic) bond motifs is 2. The van der Waals surface area contributed by atoms with Gasteiger partial charge in [0, 0.05) is 19.5 Å². The number of hydrogen-bond donors (Lipinski definition) is 2. The van der Waals surface area contributed by atoms with E-state index in [0.29, 0.717) is 19.5 Å². The van der Waals surface area contributed by atoms with Gasteiger partial charge in [-0.3, -0.25) is 0 Å². The van der Waals surface area contributed by atoms with Crippen LogP contribution in [0.3, 0.4) is 0 Å². The van der Waals surface area contributed by atoms with Crippen molar-refractivity contribution in [2.75, 3.05) is 13.1 Å². The van der Waals surface area contributed by atoms with Gasteiger partial charge in [0.15, 0.2) is 0 Å². The molecule has 2 N–H and O–H groups in total. The van der Waals surface area contributed by atoms with E-state index < -0.39 is 28.3 Å². The molecule has 1 aromatic rings. The van der Waals surface area contributed by atoms with Gasteiger partial charge in [-0.25, -0.2) is 0 Å². The van der Waals surface area contributed by atoms with Crippen molar-refractivity contribution in [3.8, 4) is 5.75 Å². The van der Waals surface area contributed by atoms with Crippen molar-refractivity contribution in [3.63, 3.8) is 0 Å². The van der Waals surface area contributed by atoms with E-state index in [1.165, 1.54) is 5.06 Å². The van der Waals surface area contributed by atoms with Crippen LogP contribution in [-0.4, -0.2) is 51.6 Å². The summed E-state index contributed by atoms with van der Waals surface area (Å²) in [5, 5.41) is 41.8. The third-order valence-corrected chi connectivity index (χ3v) is 7.68. The second-order valence-corrected chi connectivity index (χ2v) is 11.7. The lowest BCUT2D eigenvalue weighted by atomic mass is 9.88. The summed E-state index contributed by atoms with van der Waals surface area (Å²) >= 11 is 0. The van der Waals surface area contributed by atoms with Gasteiger partial charge in [-0.15, -0.1) is 20.5 Å². The number of rotatable bonds is 5. The van der Waals surface area contributed by atoms with Crippen LogP contribution in [0.4, 0.5) is 0 Å². The van der Waals surface area contributed by atoms with Crippen molar-refractivity contribution in [2.24, 2.45) is 0 Å². The number of nitrogens with one attached hydrogen (secondary N) is 1. The van der Waals surface area contributed by atoms with Crippen molar-refractivity contribution in [1.82, 2.24) is 15.4 Å². The summed E-state index contributed by atoms with van der Waals surface area (Å²) in [5.41, 5.74) is 1.77. The molecule has 0 aliphatic carbocycles. The van der Waals surface area contributed by atoms with E-state index in [9.17, 15) is 15.5 Å². The molecule has 0 saturated heterocycles. The zero-order valence-corrected chi connectivity index (χ0v) is 20.6. The Labute approximate surface area is 191 Å². The van der Waals surface area contributed by atoms with E-state index in [1.54, 1.807) is 0 Å². The molecule has 0 fully saturated rings. The summed E-state index contributed by atoms with van der Waals surface area (Å²) in [7, 11) is 0. The summed E-state index contributed by atoms with van der Waals surface area (Å²) in [5.74, 6) is 0.760. The maximum absolute atomic E-state index is 12.8. The first-order valence-electron chi connectivity index (χ1n) is 11.5. The molecular weight excluding hydrogens is 406 g/mol. The summed E-state index contributed by atoms with van der Waals surface area (Å²) in [6.45, 7) is 16.4. The molecule has 0 saturated carbocycles. The molecule has 0 bridgehead atoms. The normalized spacial score (nSPS) is 28.2. The lowest BCUT2D eigenvalue weighted by Crippen LogP contribution is -2.48. The predicted octanol–water partition coefficient (Wildman–Crippen LogP) is 3.22. The number of hydroxylamine groups is 4. The first-order chi connectivity index (χ1) is 14.6. The fourth-order valence-corrected chi connectivity index (χ4v) is 5.73. The van der Waals surface area contributed by atoms with Crippen LogP contribution in [0.2, 0.25) is 0 Å². The second-order valence-electron chi connectivity index (χ2n) is 11.7. The number of hydrogen-bond acceptors (Lipinski definition) is 5. The quantitative estimate of drug-likeness (QED) is 0.683. The van der Waals surface area contributed by atoms with Crippen molar-refractivity contribution in [2.45, 2.75) is 96.2 Å². The Balaban J connectivity index is 1.41. The average molecular weight is 444 g/mol. The monoisotopic (exact) mass is 443 g/mol. The fourth-order valence-electron chi connectivity index (χ4n) is 5.73. The highest BCUT2D eigenvalue weighted by Crippen LogP contribution is 2.51. The lowest BCUT2D eigenvalue weighted by molar-refractivity contribution is -0.266. The Morgan fingerprint density at radius 3 is 2.16 bits per heavy atom. The highest BCUT2D eigenvalue weighted by atomic mass is 16.5. The van der Waals surface area contributed by atoms with Crippen molar-refractivity contribution < 1.29 is 20.3 Å². The Hall–Kier alpha value is -1.48. The largest absolute Gasteiger partial charge is 0.487 e. The molecule has 0 amide bonds. The molecular formula is C25H37N3O4. The molecule has 3 heterocycles. The molecule has 1 aromatic carbocycles. The van der Waals surface area contributed by atoms with E-state index in [0.717, 1.165) is 33.1 Å². The van der Waals surface area contributed by atoms with Crippen LogP contribution in [-0.2, 0) is 27.9 Å².